The van der Waals surface area contributed by atoms with Crippen molar-refractivity contribution in [2.75, 3.05) is 0 Å². The highest BCUT2D eigenvalue weighted by Crippen LogP contribution is 2.23. The first kappa shape index (κ1) is 17.8. The molecule has 3 rings (SSSR count). The van der Waals surface area contributed by atoms with Crippen LogP contribution < -0.4 is 5.32 Å². The molecule has 0 aliphatic carbocycles. The van der Waals surface area contributed by atoms with Crippen LogP contribution in [0.25, 0.3) is 0 Å². The Labute approximate surface area is 156 Å². The molecule has 1 N–H and O–H groups in total. The number of carbonyl (C=O) groups excluding carboxylic acids is 1. The lowest BCUT2D eigenvalue weighted by Crippen LogP contribution is -2.30. The second-order valence-electron chi connectivity index (χ2n) is 5.77. The number of aromatic nitrogens is 2. The van der Waals surface area contributed by atoms with Crippen LogP contribution in [0.5, 0.6) is 0 Å². The number of aryl methyl sites for hydroxylation is 2. The van der Waals surface area contributed by atoms with E-state index in [1.165, 1.54) is 5.56 Å². The fourth-order valence-corrected chi connectivity index (χ4v) is 4.13. The average Bonchev–Trinajstić information content (AvgIpc) is 3.32. The fourth-order valence-electron chi connectivity index (χ4n) is 2.56. The molecule has 1 aromatic carbocycles. The molecule has 0 aliphatic rings. The SMILES string of the molecule is CCc1csc([C@H](Cc2ccccc2)NC(=O)CCc2nccs2)n1. The minimum absolute atomic E-state index is 0.0457. The Morgan fingerprint density at radius 3 is 2.76 bits per heavy atom. The highest BCUT2D eigenvalue weighted by atomic mass is 32.1. The van der Waals surface area contributed by atoms with Crippen LogP contribution >= 0.6 is 22.7 Å². The van der Waals surface area contributed by atoms with Crippen molar-refractivity contribution in [3.63, 3.8) is 0 Å². The van der Waals surface area contributed by atoms with E-state index >= 15 is 0 Å². The molecule has 25 heavy (non-hydrogen) atoms. The molecule has 6 heteroatoms. The molecule has 0 aliphatic heterocycles. The van der Waals surface area contributed by atoms with Gasteiger partial charge in [0, 0.05) is 29.8 Å². The Morgan fingerprint density at radius 1 is 1.24 bits per heavy atom. The van der Waals surface area contributed by atoms with Gasteiger partial charge in [0.1, 0.15) is 5.01 Å². The summed E-state index contributed by atoms with van der Waals surface area (Å²) < 4.78 is 0. The van der Waals surface area contributed by atoms with E-state index in [1.807, 2.05) is 23.6 Å². The van der Waals surface area contributed by atoms with Gasteiger partial charge >= 0.3 is 0 Å². The zero-order chi connectivity index (χ0) is 17.5. The first-order chi connectivity index (χ1) is 12.2. The molecule has 0 spiro atoms. The van der Waals surface area contributed by atoms with Crippen molar-refractivity contribution < 1.29 is 4.79 Å². The van der Waals surface area contributed by atoms with Crippen molar-refractivity contribution in [3.05, 3.63) is 68.6 Å². The number of hydrogen-bond acceptors (Lipinski definition) is 5. The van der Waals surface area contributed by atoms with Gasteiger partial charge in [0.15, 0.2) is 0 Å². The topological polar surface area (TPSA) is 54.9 Å². The van der Waals surface area contributed by atoms with Crippen LogP contribution in [-0.4, -0.2) is 15.9 Å². The van der Waals surface area contributed by atoms with E-state index in [1.54, 1.807) is 28.9 Å². The van der Waals surface area contributed by atoms with Gasteiger partial charge in [-0.05, 0) is 18.4 Å². The number of benzene rings is 1. The standard InChI is InChI=1S/C19H21N3OS2/c1-2-15-13-25-19(21-15)16(12-14-6-4-3-5-7-14)22-17(23)8-9-18-20-10-11-24-18/h3-7,10-11,13,16H,2,8-9,12H2,1H3,(H,22,23)/t16-/m0/s1. The van der Waals surface area contributed by atoms with Gasteiger partial charge in [-0.3, -0.25) is 4.79 Å². The summed E-state index contributed by atoms with van der Waals surface area (Å²) in [5, 5.41) is 9.16. The second-order valence-corrected chi connectivity index (χ2v) is 7.64. The number of carbonyl (C=O) groups is 1. The van der Waals surface area contributed by atoms with E-state index in [9.17, 15) is 4.79 Å². The van der Waals surface area contributed by atoms with E-state index in [0.29, 0.717) is 12.8 Å². The summed E-state index contributed by atoms with van der Waals surface area (Å²) in [5.74, 6) is 0.0457. The maximum Gasteiger partial charge on any atom is 0.220 e. The van der Waals surface area contributed by atoms with Gasteiger partial charge in [-0.2, -0.15) is 0 Å². The van der Waals surface area contributed by atoms with E-state index in [2.05, 4.69) is 39.7 Å². The Kier molecular flexibility index (Phi) is 6.30. The lowest BCUT2D eigenvalue weighted by molar-refractivity contribution is -0.121. The lowest BCUT2D eigenvalue weighted by Gasteiger charge is -2.17. The van der Waals surface area contributed by atoms with Crippen LogP contribution in [0.2, 0.25) is 0 Å². The van der Waals surface area contributed by atoms with Gasteiger partial charge in [0.05, 0.1) is 16.7 Å². The number of thiazole rings is 2. The van der Waals surface area contributed by atoms with Crippen LogP contribution in [0.1, 0.15) is 40.7 Å². The summed E-state index contributed by atoms with van der Waals surface area (Å²) in [4.78, 5) is 21.3. The maximum atomic E-state index is 12.4. The van der Waals surface area contributed by atoms with Crippen LogP contribution in [0, 0.1) is 0 Å². The summed E-state index contributed by atoms with van der Waals surface area (Å²) in [6.07, 6.45) is 4.56. The number of amides is 1. The summed E-state index contributed by atoms with van der Waals surface area (Å²) in [6, 6.07) is 10.1. The maximum absolute atomic E-state index is 12.4. The van der Waals surface area contributed by atoms with Crippen LogP contribution in [0.4, 0.5) is 0 Å². The van der Waals surface area contributed by atoms with E-state index < -0.39 is 0 Å². The molecule has 1 atom stereocenters. The van der Waals surface area contributed by atoms with Gasteiger partial charge in [0.25, 0.3) is 0 Å². The minimum atomic E-state index is -0.0866. The second kappa shape index (κ2) is 8.87. The zero-order valence-corrected chi connectivity index (χ0v) is 15.8. The van der Waals surface area contributed by atoms with Gasteiger partial charge < -0.3 is 5.32 Å². The first-order valence-electron chi connectivity index (χ1n) is 8.40. The summed E-state index contributed by atoms with van der Waals surface area (Å²) in [6.45, 7) is 2.09. The molecule has 4 nitrogen and oxygen atoms in total. The summed E-state index contributed by atoms with van der Waals surface area (Å²) in [5.41, 5.74) is 2.27. The number of rotatable bonds is 8. The normalized spacial score (nSPS) is 12.0. The third-order valence-electron chi connectivity index (χ3n) is 3.90. The highest BCUT2D eigenvalue weighted by molar-refractivity contribution is 7.09. The monoisotopic (exact) mass is 371 g/mol. The van der Waals surface area contributed by atoms with Crippen molar-refractivity contribution in [2.45, 2.75) is 38.6 Å². The van der Waals surface area contributed by atoms with Gasteiger partial charge in [-0.1, -0.05) is 37.3 Å². The molecule has 0 radical (unpaired) electrons. The summed E-state index contributed by atoms with van der Waals surface area (Å²) >= 11 is 3.21. The molecule has 130 valence electrons. The Bertz CT molecular complexity index is 784. The van der Waals surface area contributed by atoms with Gasteiger partial charge in [-0.25, -0.2) is 9.97 Å². The molecule has 0 saturated carbocycles. The molecule has 3 aromatic rings. The van der Waals surface area contributed by atoms with E-state index in [-0.39, 0.29) is 11.9 Å². The van der Waals surface area contributed by atoms with Crippen molar-refractivity contribution in [1.29, 1.82) is 0 Å². The van der Waals surface area contributed by atoms with E-state index in [0.717, 1.165) is 28.6 Å². The van der Waals surface area contributed by atoms with Crippen LogP contribution in [-0.2, 0) is 24.1 Å². The smallest absolute Gasteiger partial charge is 0.220 e. The van der Waals surface area contributed by atoms with Crippen molar-refractivity contribution in [2.24, 2.45) is 0 Å². The van der Waals surface area contributed by atoms with E-state index in [4.69, 9.17) is 0 Å². The Balaban J connectivity index is 1.67. The number of nitrogens with one attached hydrogen (secondary N) is 1. The predicted octanol–water partition coefficient (Wildman–Crippen LogP) is 4.19. The number of nitrogens with zero attached hydrogens (tertiary/aromatic N) is 2. The van der Waals surface area contributed by atoms with Crippen molar-refractivity contribution >= 4 is 28.6 Å². The largest absolute Gasteiger partial charge is 0.347 e. The molecule has 0 fully saturated rings. The zero-order valence-electron chi connectivity index (χ0n) is 14.1. The Hall–Kier alpha value is -2.05. The minimum Gasteiger partial charge on any atom is -0.347 e. The van der Waals surface area contributed by atoms with Gasteiger partial charge in [-0.15, -0.1) is 22.7 Å². The third kappa shape index (κ3) is 5.21. The quantitative estimate of drug-likeness (QED) is 0.646. The lowest BCUT2D eigenvalue weighted by atomic mass is 10.1. The average molecular weight is 372 g/mol. The Morgan fingerprint density at radius 2 is 2.08 bits per heavy atom. The first-order valence-corrected chi connectivity index (χ1v) is 10.2. The molecule has 2 aromatic heterocycles. The molecule has 2 heterocycles. The third-order valence-corrected chi connectivity index (χ3v) is 5.74. The van der Waals surface area contributed by atoms with Crippen molar-refractivity contribution in [1.82, 2.24) is 15.3 Å². The molecule has 1 amide bonds. The number of hydrogen-bond donors (Lipinski definition) is 1. The molecular formula is C19H21N3OS2. The van der Waals surface area contributed by atoms with Crippen LogP contribution in [0.15, 0.2) is 47.3 Å². The molecule has 0 unspecified atom stereocenters. The molecular weight excluding hydrogens is 350 g/mol. The van der Waals surface area contributed by atoms with Crippen molar-refractivity contribution in [3.8, 4) is 0 Å². The fraction of sp³-hybridized carbons (Fsp3) is 0.316. The molecule has 0 bridgehead atoms. The summed E-state index contributed by atoms with van der Waals surface area (Å²) in [7, 11) is 0. The molecule has 0 saturated heterocycles. The van der Waals surface area contributed by atoms with Gasteiger partial charge in [0.2, 0.25) is 5.91 Å². The van der Waals surface area contributed by atoms with Crippen LogP contribution in [0.3, 0.4) is 0 Å². The highest BCUT2D eigenvalue weighted by Gasteiger charge is 2.19. The predicted molar refractivity (Wildman–Crippen MR) is 103 cm³/mol.